The normalized spacial score (nSPS) is 24.1. The first-order chi connectivity index (χ1) is 21.3. The number of allylic oxidation sites excluding steroid dienone is 4. The van der Waals surface area contributed by atoms with Crippen molar-refractivity contribution >= 4 is 18.2 Å². The van der Waals surface area contributed by atoms with Crippen LogP contribution < -0.4 is 5.46 Å². The Hall–Kier alpha value is -3.66. The summed E-state index contributed by atoms with van der Waals surface area (Å²) in [6, 6.07) is 31.8. The minimum Gasteiger partial charge on any atom is -0.399 e. The molecule has 1 saturated heterocycles. The summed E-state index contributed by atoms with van der Waals surface area (Å²) in [6.07, 6.45) is 7.30. The van der Waals surface area contributed by atoms with Gasteiger partial charge in [0, 0.05) is 11.3 Å². The number of hydrogen-bond donors (Lipinski definition) is 0. The van der Waals surface area contributed by atoms with E-state index >= 15 is 0 Å². The van der Waals surface area contributed by atoms with Crippen molar-refractivity contribution in [3.05, 3.63) is 131 Å². The highest BCUT2D eigenvalue weighted by Crippen LogP contribution is 2.54. The minimum absolute atomic E-state index is 0.0548. The highest BCUT2D eigenvalue weighted by molar-refractivity contribution is 6.62. The molecule has 2 nitrogen and oxygen atoms in total. The van der Waals surface area contributed by atoms with Crippen molar-refractivity contribution in [2.75, 3.05) is 0 Å². The Balaban J connectivity index is 1.26. The van der Waals surface area contributed by atoms with Crippen LogP contribution in [0, 0.1) is 5.92 Å². The lowest BCUT2D eigenvalue weighted by atomic mass is 9.72. The first-order valence-electron chi connectivity index (χ1n) is 16.5. The van der Waals surface area contributed by atoms with Crippen LogP contribution in [0.3, 0.4) is 0 Å². The lowest BCUT2D eigenvalue weighted by molar-refractivity contribution is 0.00578. The van der Waals surface area contributed by atoms with Gasteiger partial charge in [-0.3, -0.25) is 0 Å². The van der Waals surface area contributed by atoms with Crippen LogP contribution in [-0.4, -0.2) is 18.3 Å². The average Bonchev–Trinajstić information content (AvgIpc) is 3.50. The predicted molar refractivity (Wildman–Crippen MR) is 188 cm³/mol. The quantitative estimate of drug-likeness (QED) is 0.221. The van der Waals surface area contributed by atoms with Gasteiger partial charge in [-0.2, -0.15) is 0 Å². The number of rotatable bonds is 3. The summed E-state index contributed by atoms with van der Waals surface area (Å²) >= 11 is 0. The summed E-state index contributed by atoms with van der Waals surface area (Å²) < 4.78 is 13.2. The molecule has 3 heteroatoms. The molecule has 0 saturated carbocycles. The van der Waals surface area contributed by atoms with Crippen molar-refractivity contribution in [2.24, 2.45) is 5.92 Å². The molecular formula is C42H43BO2. The molecule has 4 aromatic carbocycles. The summed E-state index contributed by atoms with van der Waals surface area (Å²) in [5.41, 5.74) is 13.6. The molecule has 8 rings (SSSR count). The average molecular weight is 591 g/mol. The second-order valence-electron chi connectivity index (χ2n) is 15.7. The summed E-state index contributed by atoms with van der Waals surface area (Å²) in [5, 5.41) is 0. The summed E-state index contributed by atoms with van der Waals surface area (Å²) in [4.78, 5) is 0. The van der Waals surface area contributed by atoms with E-state index in [0.717, 1.165) is 5.46 Å². The van der Waals surface area contributed by atoms with E-state index in [9.17, 15) is 0 Å². The maximum Gasteiger partial charge on any atom is 0.494 e. The highest BCUT2D eigenvalue weighted by atomic mass is 16.7. The molecule has 0 aromatic heterocycles. The minimum atomic E-state index is -0.433. The van der Waals surface area contributed by atoms with Crippen LogP contribution in [0.1, 0.15) is 89.1 Å². The van der Waals surface area contributed by atoms with E-state index in [2.05, 4.69) is 159 Å². The Morgan fingerprint density at radius 3 is 2.00 bits per heavy atom. The van der Waals surface area contributed by atoms with Gasteiger partial charge in [-0.1, -0.05) is 119 Å². The molecule has 0 amide bonds. The van der Waals surface area contributed by atoms with Gasteiger partial charge in [-0.25, -0.2) is 0 Å². The topological polar surface area (TPSA) is 18.5 Å². The SMILES string of the molecule is CC1(C)c2ccccc2-c2ccc(-c3cc(B4OC(C)(C)C(C)(C)O4)cc(C4=CC5C(C=C4)c4ccccc4C5(C)C)c3)cc21. The van der Waals surface area contributed by atoms with Crippen LogP contribution in [0.5, 0.6) is 0 Å². The van der Waals surface area contributed by atoms with Crippen molar-refractivity contribution in [3.8, 4) is 22.3 Å². The van der Waals surface area contributed by atoms with Crippen molar-refractivity contribution in [3.63, 3.8) is 0 Å². The fourth-order valence-electron chi connectivity index (χ4n) is 8.36. The van der Waals surface area contributed by atoms with Gasteiger partial charge in [0.2, 0.25) is 0 Å². The van der Waals surface area contributed by atoms with Crippen molar-refractivity contribution < 1.29 is 9.31 Å². The molecule has 1 fully saturated rings. The lowest BCUT2D eigenvalue weighted by Gasteiger charge is -2.32. The molecule has 1 heterocycles. The Bertz CT molecular complexity index is 1920. The third-order valence-electron chi connectivity index (χ3n) is 11.8. The van der Waals surface area contributed by atoms with Gasteiger partial charge in [0.1, 0.15) is 0 Å². The third-order valence-corrected chi connectivity index (χ3v) is 11.8. The van der Waals surface area contributed by atoms with E-state index in [1.54, 1.807) is 0 Å². The van der Waals surface area contributed by atoms with E-state index < -0.39 is 18.3 Å². The maximum atomic E-state index is 6.62. The lowest BCUT2D eigenvalue weighted by Crippen LogP contribution is -2.41. The number of fused-ring (bicyclic) bond motifs is 6. The zero-order valence-corrected chi connectivity index (χ0v) is 27.9. The molecular weight excluding hydrogens is 547 g/mol. The van der Waals surface area contributed by atoms with Crippen molar-refractivity contribution in [1.29, 1.82) is 0 Å². The van der Waals surface area contributed by atoms with Crippen LogP contribution >= 0.6 is 0 Å². The first-order valence-corrected chi connectivity index (χ1v) is 16.5. The van der Waals surface area contributed by atoms with E-state index in [1.165, 1.54) is 55.6 Å². The van der Waals surface area contributed by atoms with Gasteiger partial charge in [0.15, 0.2) is 0 Å². The molecule has 0 bridgehead atoms. The molecule has 0 spiro atoms. The fourth-order valence-corrected chi connectivity index (χ4v) is 8.36. The molecule has 2 unspecified atom stereocenters. The van der Waals surface area contributed by atoms with Crippen LogP contribution in [0.15, 0.2) is 103 Å². The van der Waals surface area contributed by atoms with E-state index in [4.69, 9.17) is 9.31 Å². The number of hydrogen-bond acceptors (Lipinski definition) is 2. The van der Waals surface area contributed by atoms with Gasteiger partial charge >= 0.3 is 7.12 Å². The van der Waals surface area contributed by atoms with Crippen LogP contribution in [0.2, 0.25) is 0 Å². The number of benzene rings is 4. The van der Waals surface area contributed by atoms with Crippen LogP contribution in [0.25, 0.3) is 27.8 Å². The maximum absolute atomic E-state index is 6.62. The van der Waals surface area contributed by atoms with E-state index in [1.807, 2.05) is 0 Å². The van der Waals surface area contributed by atoms with Gasteiger partial charge in [0.05, 0.1) is 11.2 Å². The summed E-state index contributed by atoms with van der Waals surface area (Å²) in [5.74, 6) is 0.810. The molecule has 3 aliphatic carbocycles. The largest absolute Gasteiger partial charge is 0.494 e. The standard InChI is InChI=1S/C42H43BO2/c1-39(2)35-15-11-9-13-31(35)33-19-17-26(24-37(33)39)28-21-29(23-30(22-28)43-44-41(5,6)42(7,8)45-43)27-18-20-34-32-14-10-12-16-36(32)40(3,4)38(34)25-27/h9-25,33,37H,1-8H3. The monoisotopic (exact) mass is 590 g/mol. The van der Waals surface area contributed by atoms with Gasteiger partial charge < -0.3 is 9.31 Å². The van der Waals surface area contributed by atoms with Gasteiger partial charge in [-0.05, 0) is 112 Å². The zero-order chi connectivity index (χ0) is 31.5. The first kappa shape index (κ1) is 28.8. The Morgan fingerprint density at radius 2 is 1.24 bits per heavy atom. The second kappa shape index (κ2) is 9.44. The van der Waals surface area contributed by atoms with Crippen LogP contribution in [0.4, 0.5) is 0 Å². The van der Waals surface area contributed by atoms with Crippen molar-refractivity contribution in [2.45, 2.75) is 83.3 Å². The van der Waals surface area contributed by atoms with E-state index in [-0.39, 0.29) is 10.8 Å². The van der Waals surface area contributed by atoms with Gasteiger partial charge in [0.25, 0.3) is 0 Å². The molecule has 0 radical (unpaired) electrons. The van der Waals surface area contributed by atoms with Crippen molar-refractivity contribution in [1.82, 2.24) is 0 Å². The molecule has 226 valence electrons. The third kappa shape index (κ3) is 4.16. The highest BCUT2D eigenvalue weighted by Gasteiger charge is 2.52. The summed E-state index contributed by atoms with van der Waals surface area (Å²) in [6.45, 7) is 18.0. The van der Waals surface area contributed by atoms with E-state index in [0.29, 0.717) is 11.8 Å². The molecule has 4 aliphatic rings. The molecule has 2 atom stereocenters. The molecule has 4 aromatic rings. The smallest absolute Gasteiger partial charge is 0.399 e. The zero-order valence-electron chi connectivity index (χ0n) is 27.9. The fraction of sp³-hybridized carbons (Fsp3) is 0.333. The van der Waals surface area contributed by atoms with Crippen LogP contribution in [-0.2, 0) is 20.1 Å². The Labute approximate surface area is 269 Å². The Morgan fingerprint density at radius 1 is 0.600 bits per heavy atom. The Kier molecular flexibility index (Phi) is 6.04. The molecule has 45 heavy (non-hydrogen) atoms. The summed E-state index contributed by atoms with van der Waals surface area (Å²) in [7, 11) is -0.433. The molecule has 1 aliphatic heterocycles. The second-order valence-corrected chi connectivity index (χ2v) is 15.7. The predicted octanol–water partition coefficient (Wildman–Crippen LogP) is 9.60. The van der Waals surface area contributed by atoms with Gasteiger partial charge in [-0.15, -0.1) is 0 Å². The molecule has 0 N–H and O–H groups in total.